The highest BCUT2D eigenvalue weighted by molar-refractivity contribution is 8.00. The van der Waals surface area contributed by atoms with Crippen molar-refractivity contribution in [3.63, 3.8) is 0 Å². The van der Waals surface area contributed by atoms with Crippen molar-refractivity contribution in [1.29, 1.82) is 0 Å². The van der Waals surface area contributed by atoms with Gasteiger partial charge in [-0.2, -0.15) is 4.68 Å². The summed E-state index contributed by atoms with van der Waals surface area (Å²) in [5.41, 5.74) is 2.40. The van der Waals surface area contributed by atoms with E-state index in [0.717, 1.165) is 16.6 Å². The van der Waals surface area contributed by atoms with Crippen LogP contribution in [-0.2, 0) is 0 Å². The lowest BCUT2D eigenvalue weighted by atomic mass is 10.1. The van der Waals surface area contributed by atoms with E-state index >= 15 is 0 Å². The summed E-state index contributed by atoms with van der Waals surface area (Å²) in [7, 11) is 0. The van der Waals surface area contributed by atoms with Crippen molar-refractivity contribution in [2.75, 3.05) is 0 Å². The lowest BCUT2D eigenvalue weighted by molar-refractivity contribution is 0.0995. The molecule has 26 heavy (non-hydrogen) atoms. The summed E-state index contributed by atoms with van der Waals surface area (Å²) in [5, 5.41) is 13.6. The Balaban J connectivity index is 1.59. The first-order valence-electron chi connectivity index (χ1n) is 7.95. The molecule has 1 N–H and O–H groups in total. The number of benzene rings is 2. The van der Waals surface area contributed by atoms with Gasteiger partial charge in [0.15, 0.2) is 5.78 Å². The minimum Gasteiger partial charge on any atom is -0.360 e. The van der Waals surface area contributed by atoms with Crippen molar-refractivity contribution >= 4 is 40.0 Å². The molecule has 0 radical (unpaired) electrons. The van der Waals surface area contributed by atoms with Gasteiger partial charge in [-0.1, -0.05) is 41.6 Å². The molecule has 0 saturated carbocycles. The third kappa shape index (κ3) is 3.11. The Labute approximate surface area is 158 Å². The van der Waals surface area contributed by atoms with Crippen LogP contribution in [-0.4, -0.2) is 36.2 Å². The van der Waals surface area contributed by atoms with Crippen LogP contribution < -0.4 is 0 Å². The zero-order chi connectivity index (χ0) is 18.1. The summed E-state index contributed by atoms with van der Waals surface area (Å²) < 4.78 is 1.60. The van der Waals surface area contributed by atoms with Gasteiger partial charge in [-0.05, 0) is 47.7 Å². The number of fused-ring (bicyclic) bond motifs is 1. The number of halogens is 1. The molecule has 2 aromatic carbocycles. The number of para-hydroxylation sites is 1. The van der Waals surface area contributed by atoms with Gasteiger partial charge < -0.3 is 4.98 Å². The average molecular weight is 384 g/mol. The Morgan fingerprint density at radius 1 is 1.19 bits per heavy atom. The maximum atomic E-state index is 12.9. The van der Waals surface area contributed by atoms with Crippen molar-refractivity contribution in [3.05, 3.63) is 65.3 Å². The minimum absolute atomic E-state index is 0.0260. The van der Waals surface area contributed by atoms with Crippen LogP contribution >= 0.6 is 23.4 Å². The molecule has 1 unspecified atom stereocenters. The highest BCUT2D eigenvalue weighted by Gasteiger charge is 2.22. The van der Waals surface area contributed by atoms with Gasteiger partial charge in [0.2, 0.25) is 5.16 Å². The molecule has 0 saturated heterocycles. The highest BCUT2D eigenvalue weighted by Crippen LogP contribution is 2.28. The summed E-state index contributed by atoms with van der Waals surface area (Å²) in [6.07, 6.45) is 1.76. The van der Waals surface area contributed by atoms with Gasteiger partial charge in [-0.3, -0.25) is 4.79 Å². The molecule has 0 spiro atoms. The van der Waals surface area contributed by atoms with Crippen LogP contribution in [0, 0.1) is 0 Å². The van der Waals surface area contributed by atoms with E-state index < -0.39 is 0 Å². The van der Waals surface area contributed by atoms with E-state index in [4.69, 9.17) is 11.6 Å². The maximum absolute atomic E-state index is 12.9. The first-order valence-corrected chi connectivity index (χ1v) is 9.20. The predicted molar refractivity (Wildman–Crippen MR) is 102 cm³/mol. The highest BCUT2D eigenvalue weighted by atomic mass is 35.5. The van der Waals surface area contributed by atoms with E-state index in [0.29, 0.717) is 15.7 Å². The number of carbonyl (C=O) groups excluding carboxylic acids is 1. The molecule has 0 bridgehead atoms. The second kappa shape index (κ2) is 6.93. The number of nitrogens with one attached hydrogen (secondary N) is 1. The van der Waals surface area contributed by atoms with Crippen LogP contribution in [0.3, 0.4) is 0 Å². The van der Waals surface area contributed by atoms with Crippen LogP contribution in [0.15, 0.2) is 59.9 Å². The van der Waals surface area contributed by atoms with Gasteiger partial charge >= 0.3 is 0 Å². The Hall–Kier alpha value is -2.64. The zero-order valence-electron chi connectivity index (χ0n) is 13.8. The SMILES string of the molecule is CC(Sc1nnnn1-c1ccc(Cl)cc1)C(=O)c1c[nH]c2ccccc12. The van der Waals surface area contributed by atoms with Gasteiger partial charge in [-0.25, -0.2) is 0 Å². The van der Waals surface area contributed by atoms with Crippen molar-refractivity contribution in [2.24, 2.45) is 0 Å². The molecule has 0 aliphatic heterocycles. The third-order valence-corrected chi connectivity index (χ3v) is 5.30. The number of carbonyl (C=O) groups is 1. The van der Waals surface area contributed by atoms with E-state index in [-0.39, 0.29) is 11.0 Å². The normalized spacial score (nSPS) is 12.4. The number of nitrogens with zero attached hydrogens (tertiary/aromatic N) is 4. The maximum Gasteiger partial charge on any atom is 0.214 e. The molecule has 6 nitrogen and oxygen atoms in total. The molecule has 0 aliphatic carbocycles. The predicted octanol–water partition coefficient (Wildman–Crippen LogP) is 4.16. The minimum atomic E-state index is -0.341. The number of thioether (sulfide) groups is 1. The zero-order valence-corrected chi connectivity index (χ0v) is 15.3. The fourth-order valence-electron chi connectivity index (χ4n) is 2.70. The van der Waals surface area contributed by atoms with Crippen LogP contribution in [0.5, 0.6) is 0 Å². The van der Waals surface area contributed by atoms with E-state index in [1.54, 1.807) is 23.0 Å². The van der Waals surface area contributed by atoms with Crippen molar-refractivity contribution in [3.8, 4) is 5.69 Å². The van der Waals surface area contributed by atoms with E-state index in [1.165, 1.54) is 11.8 Å². The average Bonchev–Trinajstić information content (AvgIpc) is 3.28. The van der Waals surface area contributed by atoms with E-state index in [2.05, 4.69) is 20.5 Å². The molecule has 0 fully saturated rings. The lowest BCUT2D eigenvalue weighted by Gasteiger charge is -2.09. The molecule has 130 valence electrons. The fraction of sp³-hybridized carbons (Fsp3) is 0.111. The number of tetrazole rings is 1. The van der Waals surface area contributed by atoms with Crippen molar-refractivity contribution in [1.82, 2.24) is 25.2 Å². The first kappa shape index (κ1) is 16.8. The topological polar surface area (TPSA) is 76.5 Å². The largest absolute Gasteiger partial charge is 0.360 e. The van der Waals surface area contributed by atoms with Crippen LogP contribution in [0.25, 0.3) is 16.6 Å². The quantitative estimate of drug-likeness (QED) is 0.413. The summed E-state index contributed by atoms with van der Waals surface area (Å²) in [6.45, 7) is 1.86. The lowest BCUT2D eigenvalue weighted by Crippen LogP contribution is -2.14. The Kier molecular flexibility index (Phi) is 4.48. The molecular weight excluding hydrogens is 370 g/mol. The second-order valence-electron chi connectivity index (χ2n) is 5.72. The van der Waals surface area contributed by atoms with Crippen LogP contribution in [0.4, 0.5) is 0 Å². The van der Waals surface area contributed by atoms with Gasteiger partial charge in [0.1, 0.15) is 0 Å². The first-order chi connectivity index (χ1) is 12.6. The standard InChI is InChI=1S/C18H14ClN5OS/c1-11(17(25)15-10-20-16-5-3-2-4-14(15)16)26-18-21-22-23-24(18)13-8-6-12(19)7-9-13/h2-11,20H,1H3. The number of aromatic nitrogens is 5. The van der Waals surface area contributed by atoms with Gasteiger partial charge in [0.05, 0.1) is 10.9 Å². The van der Waals surface area contributed by atoms with Gasteiger partial charge in [0, 0.05) is 27.7 Å². The number of hydrogen-bond acceptors (Lipinski definition) is 5. The molecular formula is C18H14ClN5OS. The van der Waals surface area contributed by atoms with Crippen molar-refractivity contribution in [2.45, 2.75) is 17.3 Å². The Bertz CT molecular complexity index is 1070. The summed E-state index contributed by atoms with van der Waals surface area (Å²) in [6, 6.07) is 14.9. The molecule has 2 aromatic heterocycles. The molecule has 2 heterocycles. The summed E-state index contributed by atoms with van der Waals surface area (Å²) >= 11 is 7.25. The molecule has 0 aliphatic rings. The van der Waals surface area contributed by atoms with E-state index in [1.807, 2.05) is 43.3 Å². The second-order valence-corrected chi connectivity index (χ2v) is 7.47. The summed E-state index contributed by atoms with van der Waals surface area (Å²) in [4.78, 5) is 16.0. The van der Waals surface area contributed by atoms with E-state index in [9.17, 15) is 4.79 Å². The number of aromatic amines is 1. The smallest absolute Gasteiger partial charge is 0.214 e. The van der Waals surface area contributed by atoms with Gasteiger partial charge in [-0.15, -0.1) is 5.10 Å². The molecule has 4 aromatic rings. The van der Waals surface area contributed by atoms with Crippen LogP contribution in [0.2, 0.25) is 5.02 Å². The number of ketones is 1. The Morgan fingerprint density at radius 2 is 1.96 bits per heavy atom. The number of hydrogen-bond donors (Lipinski definition) is 1. The Morgan fingerprint density at radius 3 is 2.77 bits per heavy atom. The van der Waals surface area contributed by atoms with Crippen LogP contribution in [0.1, 0.15) is 17.3 Å². The van der Waals surface area contributed by atoms with Crippen molar-refractivity contribution < 1.29 is 4.79 Å². The molecule has 1 atom stereocenters. The molecule has 4 rings (SSSR count). The third-order valence-electron chi connectivity index (χ3n) is 4.02. The number of Topliss-reactive ketones (excluding diaryl/α,β-unsaturated/α-hetero) is 1. The number of H-pyrrole nitrogens is 1. The number of rotatable bonds is 5. The molecule has 0 amide bonds. The fourth-order valence-corrected chi connectivity index (χ4v) is 3.70. The summed E-state index contributed by atoms with van der Waals surface area (Å²) in [5.74, 6) is 0.0260. The van der Waals surface area contributed by atoms with Gasteiger partial charge in [0.25, 0.3) is 0 Å². The monoisotopic (exact) mass is 383 g/mol. The molecule has 8 heteroatoms.